The van der Waals surface area contributed by atoms with Crippen LogP contribution < -0.4 is 0 Å². The Morgan fingerprint density at radius 2 is 1.89 bits per heavy atom. The van der Waals surface area contributed by atoms with Gasteiger partial charge in [-0.25, -0.2) is 0 Å². The number of allylic oxidation sites excluding steroid dienone is 3. The van der Waals surface area contributed by atoms with E-state index in [4.69, 9.17) is 12.2 Å². The van der Waals surface area contributed by atoms with Crippen molar-refractivity contribution in [2.45, 2.75) is 13.8 Å². The zero-order valence-corrected chi connectivity index (χ0v) is 11.2. The Balaban J connectivity index is 2.53. The Bertz CT molecular complexity index is 517. The molecular formula is C13H14N2O2S. The predicted octanol–water partition coefficient (Wildman–Crippen LogP) is 1.40. The van der Waals surface area contributed by atoms with Gasteiger partial charge < -0.3 is 4.90 Å². The monoisotopic (exact) mass is 262 g/mol. The summed E-state index contributed by atoms with van der Waals surface area (Å²) in [4.78, 5) is 27.4. The fourth-order valence-electron chi connectivity index (χ4n) is 2.05. The fraction of sp³-hybridized carbons (Fsp3) is 0.308. The molecule has 2 heterocycles. The largest absolute Gasteiger partial charge is 0.348 e. The van der Waals surface area contributed by atoms with E-state index in [1.165, 1.54) is 4.90 Å². The Hall–Kier alpha value is -1.75. The van der Waals surface area contributed by atoms with Crippen LogP contribution in [0.3, 0.4) is 0 Å². The molecule has 18 heavy (non-hydrogen) atoms. The van der Waals surface area contributed by atoms with Gasteiger partial charge in [-0.3, -0.25) is 14.5 Å². The number of carbonyl (C=O) groups is 2. The maximum absolute atomic E-state index is 12.0. The highest BCUT2D eigenvalue weighted by Gasteiger charge is 2.40. The number of nitrogens with zero attached hydrogens (tertiary/aromatic N) is 2. The van der Waals surface area contributed by atoms with Crippen LogP contribution in [-0.4, -0.2) is 39.6 Å². The van der Waals surface area contributed by atoms with E-state index in [0.29, 0.717) is 22.8 Å². The van der Waals surface area contributed by atoms with Crippen molar-refractivity contribution in [3.8, 4) is 0 Å². The molecule has 2 aliphatic heterocycles. The van der Waals surface area contributed by atoms with Gasteiger partial charge in [0.05, 0.1) is 11.3 Å². The van der Waals surface area contributed by atoms with Crippen LogP contribution in [-0.2, 0) is 9.59 Å². The van der Waals surface area contributed by atoms with Gasteiger partial charge in [-0.05, 0) is 26.0 Å². The molecule has 0 radical (unpaired) electrons. The normalized spacial score (nSPS) is 23.6. The summed E-state index contributed by atoms with van der Waals surface area (Å²) in [5.74, 6) is -1.03. The summed E-state index contributed by atoms with van der Waals surface area (Å²) < 4.78 is 0. The minimum absolute atomic E-state index is 0.334. The Labute approximate surface area is 111 Å². The Morgan fingerprint density at radius 3 is 2.44 bits per heavy atom. The summed E-state index contributed by atoms with van der Waals surface area (Å²) in [5.41, 5.74) is 1.05. The first-order valence-electron chi connectivity index (χ1n) is 5.88. The molecule has 0 unspecified atom stereocenters. The van der Waals surface area contributed by atoms with E-state index in [1.807, 2.05) is 36.3 Å². The molecule has 0 aromatic rings. The number of amides is 1. The summed E-state index contributed by atoms with van der Waals surface area (Å²) in [6.45, 7) is 4.92. The van der Waals surface area contributed by atoms with Gasteiger partial charge in [0.25, 0.3) is 11.7 Å². The van der Waals surface area contributed by atoms with Crippen LogP contribution in [0.25, 0.3) is 0 Å². The molecule has 4 nitrogen and oxygen atoms in total. The molecule has 0 aliphatic carbocycles. The average Bonchev–Trinajstić information content (AvgIpc) is 2.60. The highest BCUT2D eigenvalue weighted by Crippen LogP contribution is 2.25. The lowest BCUT2D eigenvalue weighted by molar-refractivity contribution is -0.138. The van der Waals surface area contributed by atoms with Crippen molar-refractivity contribution >= 4 is 28.9 Å². The predicted molar refractivity (Wildman–Crippen MR) is 72.7 cm³/mol. The molecule has 94 valence electrons. The third-order valence-corrected chi connectivity index (χ3v) is 3.40. The molecule has 0 aromatic carbocycles. The van der Waals surface area contributed by atoms with Crippen molar-refractivity contribution in [2.75, 3.05) is 13.1 Å². The van der Waals surface area contributed by atoms with Crippen molar-refractivity contribution in [3.63, 3.8) is 0 Å². The smallest absolute Gasteiger partial charge is 0.300 e. The summed E-state index contributed by atoms with van der Waals surface area (Å²) >= 11 is 5.24. The molecule has 0 saturated carbocycles. The number of hydrogen-bond donors (Lipinski definition) is 0. The molecule has 1 saturated heterocycles. The molecule has 1 amide bonds. The van der Waals surface area contributed by atoms with Crippen LogP contribution in [0.5, 0.6) is 0 Å². The van der Waals surface area contributed by atoms with Gasteiger partial charge in [0, 0.05) is 19.3 Å². The van der Waals surface area contributed by atoms with E-state index in [0.717, 1.165) is 6.54 Å². The lowest BCUT2D eigenvalue weighted by Gasteiger charge is -2.23. The highest BCUT2D eigenvalue weighted by molar-refractivity contribution is 7.81. The molecule has 0 aromatic heterocycles. The SMILES string of the molecule is CCN1C(=O)C(=O)/C(=C2/C=CC=CN2CC)C1=S. The molecule has 5 heteroatoms. The molecule has 2 rings (SSSR count). The first-order chi connectivity index (χ1) is 8.61. The molecular weight excluding hydrogens is 248 g/mol. The van der Waals surface area contributed by atoms with Crippen LogP contribution in [0.2, 0.25) is 0 Å². The fourth-order valence-corrected chi connectivity index (χ4v) is 2.46. The molecule has 0 spiro atoms. The summed E-state index contributed by atoms with van der Waals surface area (Å²) in [6, 6.07) is 0. The van der Waals surface area contributed by atoms with Crippen molar-refractivity contribution < 1.29 is 9.59 Å². The van der Waals surface area contributed by atoms with Crippen LogP contribution in [0.4, 0.5) is 0 Å². The van der Waals surface area contributed by atoms with Crippen LogP contribution >= 0.6 is 12.2 Å². The van der Waals surface area contributed by atoms with Gasteiger partial charge in [-0.15, -0.1) is 0 Å². The third kappa shape index (κ3) is 1.80. The minimum Gasteiger partial charge on any atom is -0.348 e. The van der Waals surface area contributed by atoms with E-state index in [1.54, 1.807) is 6.92 Å². The molecule has 1 fully saturated rings. The van der Waals surface area contributed by atoms with Crippen molar-refractivity contribution in [1.82, 2.24) is 9.80 Å². The third-order valence-electron chi connectivity index (χ3n) is 2.98. The van der Waals surface area contributed by atoms with Gasteiger partial charge in [-0.1, -0.05) is 18.3 Å². The van der Waals surface area contributed by atoms with Crippen molar-refractivity contribution in [1.29, 1.82) is 0 Å². The van der Waals surface area contributed by atoms with Gasteiger partial charge in [0.15, 0.2) is 0 Å². The number of thiocarbonyl (C=S) groups is 1. The average molecular weight is 262 g/mol. The Kier molecular flexibility index (Phi) is 3.43. The summed E-state index contributed by atoms with van der Waals surface area (Å²) in [5, 5.41) is 0. The lowest BCUT2D eigenvalue weighted by Crippen LogP contribution is -2.29. The standard InChI is InChI=1S/C13H14N2O2S/c1-3-14-8-6-5-7-9(14)10-11(16)12(17)15(4-2)13(10)18/h5-8H,3-4H2,1-2H3/b10-9+. The second-order valence-corrected chi connectivity index (χ2v) is 4.32. The number of carbonyl (C=O) groups excluding carboxylic acids is 2. The maximum atomic E-state index is 12.0. The van der Waals surface area contributed by atoms with E-state index in [-0.39, 0.29) is 0 Å². The summed E-state index contributed by atoms with van der Waals surface area (Å²) in [6.07, 6.45) is 7.41. The van der Waals surface area contributed by atoms with E-state index in [9.17, 15) is 9.59 Å². The Morgan fingerprint density at radius 1 is 1.17 bits per heavy atom. The minimum atomic E-state index is -0.524. The number of rotatable bonds is 2. The van der Waals surface area contributed by atoms with Gasteiger partial charge >= 0.3 is 0 Å². The molecule has 0 bridgehead atoms. The van der Waals surface area contributed by atoms with Gasteiger partial charge in [0.1, 0.15) is 4.99 Å². The lowest BCUT2D eigenvalue weighted by atomic mass is 10.1. The van der Waals surface area contributed by atoms with E-state index < -0.39 is 11.7 Å². The van der Waals surface area contributed by atoms with Crippen LogP contribution in [0.1, 0.15) is 13.8 Å². The number of likely N-dealkylation sites (tertiary alicyclic amines) is 1. The second kappa shape index (κ2) is 4.86. The van der Waals surface area contributed by atoms with Crippen LogP contribution in [0.15, 0.2) is 35.7 Å². The second-order valence-electron chi connectivity index (χ2n) is 3.93. The quantitative estimate of drug-likeness (QED) is 0.428. The highest BCUT2D eigenvalue weighted by atomic mass is 32.1. The molecule has 0 N–H and O–H groups in total. The van der Waals surface area contributed by atoms with E-state index >= 15 is 0 Å². The zero-order chi connectivity index (χ0) is 13.3. The van der Waals surface area contributed by atoms with E-state index in [2.05, 4.69) is 0 Å². The molecule has 2 aliphatic rings. The first kappa shape index (κ1) is 12.7. The van der Waals surface area contributed by atoms with Crippen molar-refractivity contribution in [3.05, 3.63) is 35.7 Å². The number of Topliss-reactive ketones (excluding diaryl/α,β-unsaturated/α-hetero) is 1. The van der Waals surface area contributed by atoms with Crippen molar-refractivity contribution in [2.24, 2.45) is 0 Å². The number of ketones is 1. The molecule has 0 atom stereocenters. The summed E-state index contributed by atoms with van der Waals surface area (Å²) in [7, 11) is 0. The van der Waals surface area contributed by atoms with Gasteiger partial charge in [-0.2, -0.15) is 0 Å². The van der Waals surface area contributed by atoms with Gasteiger partial charge in [0.2, 0.25) is 0 Å². The maximum Gasteiger partial charge on any atom is 0.300 e. The van der Waals surface area contributed by atoms with Crippen LogP contribution in [0, 0.1) is 0 Å². The number of likely N-dealkylation sites (N-methyl/N-ethyl adjacent to an activating group) is 2. The topological polar surface area (TPSA) is 40.6 Å². The number of hydrogen-bond acceptors (Lipinski definition) is 4. The first-order valence-corrected chi connectivity index (χ1v) is 6.28. The zero-order valence-electron chi connectivity index (χ0n) is 10.3.